The summed E-state index contributed by atoms with van der Waals surface area (Å²) >= 11 is 0. The fourth-order valence-electron chi connectivity index (χ4n) is 1.82. The minimum absolute atomic E-state index is 0.501. The minimum atomic E-state index is -3.26. The Balaban J connectivity index is 2.70. The van der Waals surface area contributed by atoms with Crippen LogP contribution in [0.4, 0.5) is 5.69 Å². The molecule has 0 saturated carbocycles. The molecule has 6 heteroatoms. The third-order valence-electron chi connectivity index (χ3n) is 2.92. The van der Waals surface area contributed by atoms with Crippen molar-refractivity contribution >= 4 is 15.7 Å². The first kappa shape index (κ1) is 15.9. The molecule has 1 aromatic carbocycles. The van der Waals surface area contributed by atoms with Gasteiger partial charge in [0.25, 0.3) is 0 Å². The molecule has 0 amide bonds. The molecule has 0 heterocycles. The van der Waals surface area contributed by atoms with Crippen LogP contribution in [-0.4, -0.2) is 44.3 Å². The van der Waals surface area contributed by atoms with E-state index in [9.17, 15) is 13.5 Å². The molecule has 0 aliphatic rings. The molecule has 0 unspecified atom stereocenters. The van der Waals surface area contributed by atoms with Crippen molar-refractivity contribution in [1.29, 1.82) is 0 Å². The van der Waals surface area contributed by atoms with Gasteiger partial charge in [-0.2, -0.15) is 0 Å². The summed E-state index contributed by atoms with van der Waals surface area (Å²) in [5, 5.41) is 10.1. The predicted octanol–water partition coefficient (Wildman–Crippen LogP) is 1.43. The fourth-order valence-corrected chi connectivity index (χ4v) is 2.38. The summed E-state index contributed by atoms with van der Waals surface area (Å²) in [5.74, 6) is 0. The van der Waals surface area contributed by atoms with Gasteiger partial charge in [-0.3, -0.25) is 4.72 Å². The van der Waals surface area contributed by atoms with Gasteiger partial charge in [0.2, 0.25) is 10.0 Å². The van der Waals surface area contributed by atoms with E-state index in [-0.39, 0.29) is 0 Å². The zero-order chi connectivity index (χ0) is 14.5. The SMILES string of the molecule is CCN(CC)C[C@@H](O)c1ccc(NS(C)(=O)=O)cc1. The molecule has 0 fully saturated rings. The molecule has 1 aromatic rings. The average molecular weight is 286 g/mol. The van der Waals surface area contributed by atoms with Crippen molar-refractivity contribution in [3.63, 3.8) is 0 Å². The Morgan fingerprint density at radius 1 is 1.21 bits per heavy atom. The van der Waals surface area contributed by atoms with Gasteiger partial charge in [0.05, 0.1) is 12.4 Å². The van der Waals surface area contributed by atoms with Gasteiger partial charge >= 0.3 is 0 Å². The minimum Gasteiger partial charge on any atom is -0.387 e. The van der Waals surface area contributed by atoms with Gasteiger partial charge in [-0.25, -0.2) is 8.42 Å². The van der Waals surface area contributed by atoms with E-state index < -0.39 is 16.1 Å². The van der Waals surface area contributed by atoms with Gasteiger partial charge < -0.3 is 10.0 Å². The second-order valence-corrected chi connectivity index (χ2v) is 6.25. The zero-order valence-corrected chi connectivity index (χ0v) is 12.4. The standard InChI is InChI=1S/C13H22N2O3S/c1-4-15(5-2)10-13(16)11-6-8-12(9-7-11)14-19(3,17)18/h6-9,13-14,16H,4-5,10H2,1-3H3/t13-/m1/s1. The predicted molar refractivity (Wildman–Crippen MR) is 77.7 cm³/mol. The van der Waals surface area contributed by atoms with Gasteiger partial charge in [0, 0.05) is 12.2 Å². The van der Waals surface area contributed by atoms with Crippen molar-refractivity contribution in [3.05, 3.63) is 29.8 Å². The third kappa shape index (κ3) is 5.59. The Kier molecular flexibility index (Phi) is 5.78. The Morgan fingerprint density at radius 3 is 2.16 bits per heavy atom. The van der Waals surface area contributed by atoms with Crippen molar-refractivity contribution in [1.82, 2.24) is 4.90 Å². The number of aliphatic hydroxyl groups is 1. The Labute approximate surface area is 115 Å². The van der Waals surface area contributed by atoms with E-state index in [1.54, 1.807) is 24.3 Å². The molecule has 19 heavy (non-hydrogen) atoms. The van der Waals surface area contributed by atoms with Crippen LogP contribution in [0.1, 0.15) is 25.5 Å². The highest BCUT2D eigenvalue weighted by Crippen LogP contribution is 2.18. The number of nitrogens with zero attached hydrogens (tertiary/aromatic N) is 1. The number of nitrogens with one attached hydrogen (secondary N) is 1. The van der Waals surface area contributed by atoms with Crippen LogP contribution in [0.25, 0.3) is 0 Å². The molecule has 0 bridgehead atoms. The number of sulfonamides is 1. The number of likely N-dealkylation sites (N-methyl/N-ethyl adjacent to an activating group) is 1. The zero-order valence-electron chi connectivity index (χ0n) is 11.6. The largest absolute Gasteiger partial charge is 0.387 e. The molecule has 0 saturated heterocycles. The van der Waals surface area contributed by atoms with Crippen molar-refractivity contribution < 1.29 is 13.5 Å². The second kappa shape index (κ2) is 6.88. The first-order valence-electron chi connectivity index (χ1n) is 6.34. The van der Waals surface area contributed by atoms with E-state index in [0.717, 1.165) is 24.9 Å². The maximum atomic E-state index is 11.1. The van der Waals surface area contributed by atoms with Crippen molar-refractivity contribution in [3.8, 4) is 0 Å². The van der Waals surface area contributed by atoms with Crippen LogP contribution in [0.15, 0.2) is 24.3 Å². The topological polar surface area (TPSA) is 69.6 Å². The van der Waals surface area contributed by atoms with E-state index in [4.69, 9.17) is 0 Å². The summed E-state index contributed by atoms with van der Waals surface area (Å²) in [5.41, 5.74) is 1.28. The molecule has 2 N–H and O–H groups in total. The molecule has 0 spiro atoms. The van der Waals surface area contributed by atoms with Gasteiger partial charge in [0.15, 0.2) is 0 Å². The second-order valence-electron chi connectivity index (χ2n) is 4.50. The molecule has 0 aromatic heterocycles. The van der Waals surface area contributed by atoms with Crippen LogP contribution in [0.5, 0.6) is 0 Å². The molecule has 0 radical (unpaired) electrons. The van der Waals surface area contributed by atoms with Crippen LogP contribution in [0.3, 0.4) is 0 Å². The van der Waals surface area contributed by atoms with E-state index in [1.807, 2.05) is 0 Å². The van der Waals surface area contributed by atoms with Crippen molar-refractivity contribution in [2.75, 3.05) is 30.6 Å². The lowest BCUT2D eigenvalue weighted by atomic mass is 10.1. The van der Waals surface area contributed by atoms with Gasteiger partial charge in [-0.15, -0.1) is 0 Å². The average Bonchev–Trinajstić information content (AvgIpc) is 2.34. The highest BCUT2D eigenvalue weighted by atomic mass is 32.2. The highest BCUT2D eigenvalue weighted by Gasteiger charge is 2.11. The van der Waals surface area contributed by atoms with Crippen molar-refractivity contribution in [2.45, 2.75) is 20.0 Å². The van der Waals surface area contributed by atoms with E-state index in [2.05, 4.69) is 23.5 Å². The third-order valence-corrected chi connectivity index (χ3v) is 3.53. The fraction of sp³-hybridized carbons (Fsp3) is 0.538. The molecule has 1 rings (SSSR count). The summed E-state index contributed by atoms with van der Waals surface area (Å²) in [7, 11) is -3.26. The number of rotatable bonds is 7. The van der Waals surface area contributed by atoms with Crippen LogP contribution in [-0.2, 0) is 10.0 Å². The Hall–Kier alpha value is -1.11. The maximum absolute atomic E-state index is 11.1. The lowest BCUT2D eigenvalue weighted by molar-refractivity contribution is 0.119. The molecule has 108 valence electrons. The normalized spacial score (nSPS) is 13.5. The summed E-state index contributed by atoms with van der Waals surface area (Å²) in [6.07, 6.45) is 0.544. The lowest BCUT2D eigenvalue weighted by Crippen LogP contribution is -2.28. The summed E-state index contributed by atoms with van der Waals surface area (Å²) < 4.78 is 24.5. The first-order chi connectivity index (χ1) is 8.85. The van der Waals surface area contributed by atoms with Gasteiger partial charge in [0.1, 0.15) is 0 Å². The molecular formula is C13H22N2O3S. The van der Waals surface area contributed by atoms with E-state index in [1.165, 1.54) is 0 Å². The van der Waals surface area contributed by atoms with Crippen LogP contribution in [0, 0.1) is 0 Å². The molecule has 0 aliphatic heterocycles. The van der Waals surface area contributed by atoms with Crippen LogP contribution in [0.2, 0.25) is 0 Å². The Bertz CT molecular complexity index is 481. The molecule has 0 aliphatic carbocycles. The van der Waals surface area contributed by atoms with Gasteiger partial charge in [-0.05, 0) is 30.8 Å². The summed E-state index contributed by atoms with van der Waals surface area (Å²) in [6.45, 7) is 6.46. The smallest absolute Gasteiger partial charge is 0.229 e. The first-order valence-corrected chi connectivity index (χ1v) is 8.23. The monoisotopic (exact) mass is 286 g/mol. The van der Waals surface area contributed by atoms with E-state index in [0.29, 0.717) is 12.2 Å². The number of benzene rings is 1. The van der Waals surface area contributed by atoms with Crippen LogP contribution >= 0.6 is 0 Å². The van der Waals surface area contributed by atoms with Gasteiger partial charge in [-0.1, -0.05) is 26.0 Å². The molecular weight excluding hydrogens is 264 g/mol. The maximum Gasteiger partial charge on any atom is 0.229 e. The van der Waals surface area contributed by atoms with Crippen LogP contribution < -0.4 is 4.72 Å². The molecule has 5 nitrogen and oxygen atoms in total. The quantitative estimate of drug-likeness (QED) is 0.795. The number of aliphatic hydroxyl groups excluding tert-OH is 1. The summed E-state index contributed by atoms with van der Waals surface area (Å²) in [6, 6.07) is 6.78. The highest BCUT2D eigenvalue weighted by molar-refractivity contribution is 7.92. The number of hydrogen-bond acceptors (Lipinski definition) is 4. The lowest BCUT2D eigenvalue weighted by Gasteiger charge is -2.22. The number of anilines is 1. The number of hydrogen-bond donors (Lipinski definition) is 2. The molecule has 1 atom stereocenters. The van der Waals surface area contributed by atoms with Crippen molar-refractivity contribution in [2.24, 2.45) is 0 Å². The summed E-state index contributed by atoms with van der Waals surface area (Å²) in [4.78, 5) is 2.13. The van der Waals surface area contributed by atoms with E-state index >= 15 is 0 Å². The Morgan fingerprint density at radius 2 is 1.74 bits per heavy atom.